The van der Waals surface area contributed by atoms with Crippen molar-refractivity contribution in [2.75, 3.05) is 0 Å². The van der Waals surface area contributed by atoms with Crippen LogP contribution in [0.2, 0.25) is 0 Å². The second-order valence-corrected chi connectivity index (χ2v) is 3.12. The molecule has 3 nitrogen and oxygen atoms in total. The maximum Gasteiger partial charge on any atom is 0.170 e. The van der Waals surface area contributed by atoms with E-state index in [2.05, 4.69) is 0 Å². The van der Waals surface area contributed by atoms with Gasteiger partial charge in [0.15, 0.2) is 5.78 Å². The Kier molecular flexibility index (Phi) is 2.23. The van der Waals surface area contributed by atoms with Crippen molar-refractivity contribution in [1.82, 2.24) is 0 Å². The number of ketones is 1. The lowest BCUT2D eigenvalue weighted by Gasteiger charge is -1.95. The van der Waals surface area contributed by atoms with Gasteiger partial charge in [-0.25, -0.2) is 0 Å². The molecule has 2 heterocycles. The van der Waals surface area contributed by atoms with Crippen LogP contribution in [0.25, 0.3) is 0 Å². The average Bonchev–Trinajstić information content (AvgIpc) is 2.75. The van der Waals surface area contributed by atoms with E-state index in [0.29, 0.717) is 17.7 Å². The molecule has 0 aliphatic rings. The Morgan fingerprint density at radius 2 is 2.21 bits per heavy atom. The molecule has 0 unspecified atom stereocenters. The SMILES string of the molecule is Cc1occc1C(=O)Cc1ccoc1. The van der Waals surface area contributed by atoms with Gasteiger partial charge < -0.3 is 8.83 Å². The summed E-state index contributed by atoms with van der Waals surface area (Å²) >= 11 is 0. The fraction of sp³-hybridized carbons (Fsp3) is 0.182. The number of furan rings is 2. The maximum absolute atomic E-state index is 11.7. The highest BCUT2D eigenvalue weighted by molar-refractivity contribution is 5.98. The quantitative estimate of drug-likeness (QED) is 0.698. The third kappa shape index (κ3) is 1.62. The molecule has 72 valence electrons. The second kappa shape index (κ2) is 3.54. The third-order valence-electron chi connectivity index (χ3n) is 2.10. The Bertz CT molecular complexity index is 423. The fourth-order valence-corrected chi connectivity index (χ4v) is 1.35. The van der Waals surface area contributed by atoms with Crippen LogP contribution in [0.3, 0.4) is 0 Å². The highest BCUT2D eigenvalue weighted by atomic mass is 16.3. The summed E-state index contributed by atoms with van der Waals surface area (Å²) in [5.74, 6) is 0.719. The van der Waals surface area contributed by atoms with Crippen molar-refractivity contribution in [3.63, 3.8) is 0 Å². The van der Waals surface area contributed by atoms with Gasteiger partial charge in [0.1, 0.15) is 5.76 Å². The van der Waals surface area contributed by atoms with Crippen molar-refractivity contribution in [1.29, 1.82) is 0 Å². The molecule has 0 atom stereocenters. The largest absolute Gasteiger partial charge is 0.472 e. The zero-order valence-corrected chi connectivity index (χ0v) is 7.82. The summed E-state index contributed by atoms with van der Waals surface area (Å²) in [6.45, 7) is 1.78. The van der Waals surface area contributed by atoms with E-state index in [1.165, 1.54) is 6.26 Å². The monoisotopic (exact) mass is 190 g/mol. The molecule has 0 aromatic carbocycles. The molecule has 0 amide bonds. The van der Waals surface area contributed by atoms with Gasteiger partial charge in [-0.2, -0.15) is 0 Å². The van der Waals surface area contributed by atoms with E-state index in [-0.39, 0.29) is 5.78 Å². The molecular weight excluding hydrogens is 180 g/mol. The number of carbonyl (C=O) groups is 1. The van der Waals surface area contributed by atoms with Gasteiger partial charge in [-0.1, -0.05) is 0 Å². The molecule has 0 N–H and O–H groups in total. The van der Waals surface area contributed by atoms with Crippen molar-refractivity contribution in [3.8, 4) is 0 Å². The molecule has 2 aromatic heterocycles. The Hall–Kier alpha value is -1.77. The molecule has 3 heteroatoms. The predicted molar refractivity (Wildman–Crippen MR) is 50.2 cm³/mol. The van der Waals surface area contributed by atoms with Crippen LogP contribution in [0.15, 0.2) is 39.8 Å². The number of carbonyl (C=O) groups excluding carboxylic acids is 1. The summed E-state index contributed by atoms with van der Waals surface area (Å²) in [6.07, 6.45) is 5.02. The lowest BCUT2D eigenvalue weighted by Crippen LogP contribution is -2.02. The first-order valence-electron chi connectivity index (χ1n) is 4.36. The summed E-state index contributed by atoms with van der Waals surface area (Å²) < 4.78 is 9.95. The van der Waals surface area contributed by atoms with Gasteiger partial charge in [0, 0.05) is 6.42 Å². The van der Waals surface area contributed by atoms with Gasteiger partial charge in [0.05, 0.1) is 24.4 Å². The van der Waals surface area contributed by atoms with Crippen LogP contribution in [0.5, 0.6) is 0 Å². The summed E-state index contributed by atoms with van der Waals surface area (Å²) in [5, 5.41) is 0. The predicted octanol–water partition coefficient (Wildman–Crippen LogP) is 2.61. The van der Waals surface area contributed by atoms with Crippen LogP contribution in [0, 0.1) is 6.92 Å². The van der Waals surface area contributed by atoms with Crippen LogP contribution >= 0.6 is 0 Å². The summed E-state index contributed by atoms with van der Waals surface area (Å²) in [4.78, 5) is 11.7. The topological polar surface area (TPSA) is 43.4 Å². The smallest absolute Gasteiger partial charge is 0.170 e. The Morgan fingerprint density at radius 1 is 1.36 bits per heavy atom. The number of hydrogen-bond acceptors (Lipinski definition) is 3. The molecule has 2 aromatic rings. The Labute approximate surface area is 81.3 Å². The Balaban J connectivity index is 2.14. The summed E-state index contributed by atoms with van der Waals surface area (Å²) in [6, 6.07) is 3.48. The Morgan fingerprint density at radius 3 is 2.79 bits per heavy atom. The molecule has 0 fully saturated rings. The van der Waals surface area contributed by atoms with Crippen LogP contribution in [0.1, 0.15) is 21.7 Å². The highest BCUT2D eigenvalue weighted by Crippen LogP contribution is 2.13. The van der Waals surface area contributed by atoms with Gasteiger partial charge in [-0.15, -0.1) is 0 Å². The van der Waals surface area contributed by atoms with E-state index in [1.54, 1.807) is 31.6 Å². The molecule has 14 heavy (non-hydrogen) atoms. The van der Waals surface area contributed by atoms with Crippen LogP contribution in [-0.2, 0) is 6.42 Å². The molecular formula is C11H10O3. The van der Waals surface area contributed by atoms with E-state index >= 15 is 0 Å². The first-order chi connectivity index (χ1) is 6.77. The first-order valence-corrected chi connectivity index (χ1v) is 4.36. The third-order valence-corrected chi connectivity index (χ3v) is 2.10. The van der Waals surface area contributed by atoms with Gasteiger partial charge in [0.2, 0.25) is 0 Å². The lowest BCUT2D eigenvalue weighted by atomic mass is 10.1. The number of hydrogen-bond donors (Lipinski definition) is 0. The van der Waals surface area contributed by atoms with Gasteiger partial charge in [0.25, 0.3) is 0 Å². The maximum atomic E-state index is 11.7. The van der Waals surface area contributed by atoms with Crippen molar-refractivity contribution in [3.05, 3.63) is 47.8 Å². The molecule has 0 aliphatic heterocycles. The number of Topliss-reactive ketones (excluding diaryl/α,β-unsaturated/α-hetero) is 1. The minimum Gasteiger partial charge on any atom is -0.472 e. The van der Waals surface area contributed by atoms with E-state index in [4.69, 9.17) is 8.83 Å². The van der Waals surface area contributed by atoms with Crippen molar-refractivity contribution in [2.45, 2.75) is 13.3 Å². The normalized spacial score (nSPS) is 10.4. The minimum absolute atomic E-state index is 0.0534. The molecule has 2 rings (SSSR count). The highest BCUT2D eigenvalue weighted by Gasteiger charge is 2.12. The van der Waals surface area contributed by atoms with Crippen LogP contribution in [-0.4, -0.2) is 5.78 Å². The second-order valence-electron chi connectivity index (χ2n) is 3.12. The van der Waals surface area contributed by atoms with E-state index in [0.717, 1.165) is 5.56 Å². The molecule has 0 spiro atoms. The number of rotatable bonds is 3. The number of aryl methyl sites for hydroxylation is 1. The molecule has 0 saturated heterocycles. The minimum atomic E-state index is 0.0534. The van der Waals surface area contributed by atoms with Crippen LogP contribution in [0.4, 0.5) is 0 Å². The van der Waals surface area contributed by atoms with E-state index in [9.17, 15) is 4.79 Å². The van der Waals surface area contributed by atoms with Crippen molar-refractivity contribution in [2.24, 2.45) is 0 Å². The van der Waals surface area contributed by atoms with Gasteiger partial charge in [-0.05, 0) is 24.6 Å². The summed E-state index contributed by atoms with van der Waals surface area (Å²) in [5.41, 5.74) is 1.53. The van der Waals surface area contributed by atoms with Gasteiger partial charge >= 0.3 is 0 Å². The van der Waals surface area contributed by atoms with E-state index in [1.807, 2.05) is 0 Å². The zero-order chi connectivity index (χ0) is 9.97. The first kappa shape index (κ1) is 8.81. The molecule has 0 radical (unpaired) electrons. The molecule has 0 aliphatic carbocycles. The van der Waals surface area contributed by atoms with Crippen molar-refractivity contribution < 1.29 is 13.6 Å². The van der Waals surface area contributed by atoms with Gasteiger partial charge in [-0.3, -0.25) is 4.79 Å². The fourth-order valence-electron chi connectivity index (χ4n) is 1.35. The standard InChI is InChI=1S/C11H10O3/c1-8-10(3-5-14-8)11(12)6-9-2-4-13-7-9/h2-5,7H,6H2,1H3. The van der Waals surface area contributed by atoms with Crippen molar-refractivity contribution >= 4 is 5.78 Å². The lowest BCUT2D eigenvalue weighted by molar-refractivity contribution is 0.0991. The zero-order valence-electron chi connectivity index (χ0n) is 7.82. The summed E-state index contributed by atoms with van der Waals surface area (Å²) in [7, 11) is 0. The van der Waals surface area contributed by atoms with E-state index < -0.39 is 0 Å². The molecule has 0 saturated carbocycles. The molecule has 0 bridgehead atoms. The average molecular weight is 190 g/mol. The van der Waals surface area contributed by atoms with Crippen LogP contribution < -0.4 is 0 Å².